The molecule has 2 amide bonds. The molecule has 129 heavy (non-hydrogen) atoms. The Morgan fingerprint density at radius 2 is 0.496 bits per heavy atom. The molecule has 12 fully saturated rings. The lowest BCUT2D eigenvalue weighted by Gasteiger charge is -2.42. The highest BCUT2D eigenvalue weighted by Gasteiger charge is 2.57. The van der Waals surface area contributed by atoms with Gasteiger partial charge in [0.05, 0.1) is 88.8 Å². The molecule has 10 nitrogen and oxygen atoms in total. The van der Waals surface area contributed by atoms with Gasteiger partial charge in [0.25, 0.3) is 0 Å². The van der Waals surface area contributed by atoms with Crippen LogP contribution in [-0.2, 0) is 142 Å². The number of likely N-dealkylation sites (tertiary alicyclic amines) is 1. The first kappa shape index (κ1) is 103. The Balaban J connectivity index is 0.000000133. The Hall–Kier alpha value is -3.31. The molecule has 710 valence electrons. The molecule has 0 aromatic heterocycles. The van der Waals surface area contributed by atoms with Gasteiger partial charge < -0.3 is 24.0 Å². The Labute approximate surface area is 807 Å². The third kappa shape index (κ3) is 26.4. The molecule has 0 radical (unpaired) electrons. The topological polar surface area (TPSA) is 120 Å². The van der Waals surface area contributed by atoms with Crippen LogP contribution in [0.25, 0.3) is 0 Å². The first-order valence-corrected chi connectivity index (χ1v) is 61.4. The number of fused-ring (bicyclic) bond motifs is 12. The van der Waals surface area contributed by atoms with E-state index in [1.54, 1.807) is 4.90 Å². The summed E-state index contributed by atoms with van der Waals surface area (Å²) >= 11 is 2.20. The van der Waals surface area contributed by atoms with Crippen LogP contribution in [-0.4, -0.2) is 198 Å². The van der Waals surface area contributed by atoms with Gasteiger partial charge in [-0.2, -0.15) is 11.8 Å². The van der Waals surface area contributed by atoms with Crippen molar-refractivity contribution in [2.75, 3.05) is 100 Å². The van der Waals surface area contributed by atoms with Gasteiger partial charge in [0.2, 0.25) is 11.8 Å². The number of carbonyl (C=O) groups excluding carboxylic acids is 2. The summed E-state index contributed by atoms with van der Waals surface area (Å²) < 4.78 is 53.3. The molecule has 12 saturated heterocycles. The normalized spacial score (nSPS) is 30.2. The maximum absolute atomic E-state index is 12.8. The average molecular weight is 1930 g/mol. The Morgan fingerprint density at radius 3 is 0.760 bits per heavy atom. The summed E-state index contributed by atoms with van der Waals surface area (Å²) in [7, 11) is -1.55. The predicted octanol–water partition coefficient (Wildman–Crippen LogP) is 22.7. The van der Waals surface area contributed by atoms with Crippen molar-refractivity contribution in [2.45, 2.75) is 368 Å². The number of benzene rings is 6. The fourth-order valence-corrected chi connectivity index (χ4v) is 47.8. The lowest BCUT2D eigenvalue weighted by molar-refractivity contribution is -0.141. The van der Waals surface area contributed by atoms with E-state index in [1.807, 2.05) is 41.5 Å². The van der Waals surface area contributed by atoms with Crippen molar-refractivity contribution in [3.05, 3.63) is 179 Å². The van der Waals surface area contributed by atoms with Crippen LogP contribution in [0.3, 0.4) is 0 Å². The van der Waals surface area contributed by atoms with Gasteiger partial charge in [-0.25, -0.2) is 8.42 Å². The maximum Gasteiger partial charge on any atom is 0.228 e. The highest BCUT2D eigenvalue weighted by molar-refractivity contribution is 8.06. The monoisotopic (exact) mass is 1930 g/mol. The second-order valence-corrected chi connectivity index (χ2v) is 67.0. The van der Waals surface area contributed by atoms with Crippen LogP contribution < -0.4 is 0 Å². The summed E-state index contributed by atoms with van der Waals surface area (Å²) in [5.74, 6) is 6.12. The van der Waals surface area contributed by atoms with E-state index in [-0.39, 0.29) is 71.0 Å². The van der Waals surface area contributed by atoms with Crippen LogP contribution in [0.15, 0.2) is 175 Å². The molecule has 6 aromatic carbocycles. The fourth-order valence-electron chi connectivity index (χ4n) is 20.9. The molecule has 0 N–H and O–H groups in total. The second kappa shape index (κ2) is 42.6. The summed E-state index contributed by atoms with van der Waals surface area (Å²) in [4.78, 5) is 38.8. The fraction of sp³-hybridized carbons (Fsp3) is 0.655. The van der Waals surface area contributed by atoms with Gasteiger partial charge in [0, 0.05) is 98.5 Å². The largest absolute Gasteiger partial charge is 0.371 e. The van der Waals surface area contributed by atoms with Gasteiger partial charge in [0.15, 0.2) is 60.2 Å². The van der Waals surface area contributed by atoms with E-state index in [1.165, 1.54) is 134 Å². The molecular formula is C110H164N2O8S9+6. The van der Waals surface area contributed by atoms with Crippen LogP contribution in [0.4, 0.5) is 0 Å². The molecule has 12 heterocycles. The average Bonchev–Trinajstić information content (AvgIpc) is 0.770. The minimum atomic E-state index is -2.81. The quantitative estimate of drug-likeness (QED) is 0.150. The lowest BCUT2D eigenvalue weighted by Crippen LogP contribution is -2.61. The number of hydrogen-bond acceptors (Lipinski definition) is 9. The molecule has 0 saturated carbocycles. The summed E-state index contributed by atoms with van der Waals surface area (Å²) in [5, 5.41) is 7.33. The van der Waals surface area contributed by atoms with E-state index in [2.05, 4.69) is 292 Å². The Morgan fingerprint density at radius 1 is 0.295 bits per heavy atom. The van der Waals surface area contributed by atoms with Gasteiger partial charge in [-0.15, -0.1) is 0 Å². The standard InChI is InChI=1S/C22H34NOS.C21H32NO2S.C17H25O2S2.C17H25OS2.C17H25S2.C16H23O2S/c1-21(2,3)16-10-12-17(13-11-16)25-18-8-7-9-19(25)15-23(14-18)20(24)22(4,5)6;1-20(2,3)15-7-9-16(10-8-15)25-17-11-22(19(23)21(4,5)6)12-18(25)14-24-13-17;1-17(2,3)13-7-9-14(10-8-13)20-15-5-4-6-16(20)12-21(18,19)11-15;1-17(2,3)13-7-9-14(10-8-13)20-15-5-4-6-16(20)12-19(18)11-15;1-17(2,3)13-7-9-14(10-8-13)19-15-5-4-6-16(19)12-18-11-15;1-16(2,3)12-4-6-13(7-5-12)19-14-8-17-10-15(19)11-18-9-14/h10-13,18-19H,7-9,14-15H2,1-6H3;7-10,17-18H,11-14H2,1-6H3;7-10,15-16H,4-6,11-12H2,1-3H3;7-10,15-16H,4-6,11-12H2,1-3H3;7-10,15-16H,4-6,11-12H2,1-3H3;4-7,14-15H,8-11H2,1-3H3/q6*+1. The number of hydrogen-bond donors (Lipinski definition) is 0. The van der Waals surface area contributed by atoms with Crippen LogP contribution in [0.5, 0.6) is 0 Å². The molecule has 12 aliphatic rings. The van der Waals surface area contributed by atoms with Crippen molar-refractivity contribution in [1.29, 1.82) is 0 Å². The number of amides is 2. The zero-order valence-electron chi connectivity index (χ0n) is 83.4. The zero-order chi connectivity index (χ0) is 93.3. The number of sulfone groups is 1. The Kier molecular flexibility index (Phi) is 34.0. The second-order valence-electron chi connectivity index (χ2n) is 47.0. The van der Waals surface area contributed by atoms with E-state index in [0.29, 0.717) is 113 Å². The smallest absolute Gasteiger partial charge is 0.228 e. The van der Waals surface area contributed by atoms with Crippen molar-refractivity contribution >= 4 is 110 Å². The molecule has 19 heteroatoms. The van der Waals surface area contributed by atoms with E-state index in [9.17, 15) is 22.2 Å². The molecule has 10 unspecified atom stereocenters. The third-order valence-electron chi connectivity index (χ3n) is 28.1. The number of rotatable bonds is 6. The molecular weight excluding hydrogens is 1770 g/mol. The van der Waals surface area contributed by atoms with Gasteiger partial charge in [-0.1, -0.05) is 239 Å². The molecule has 18 rings (SSSR count). The lowest BCUT2D eigenvalue weighted by atomic mass is 9.87. The van der Waals surface area contributed by atoms with Crippen LogP contribution >= 0.6 is 11.8 Å². The number of thioether (sulfide) groups is 1. The summed E-state index contributed by atoms with van der Waals surface area (Å²) in [5.41, 5.74) is 9.16. The van der Waals surface area contributed by atoms with Crippen LogP contribution in [0.2, 0.25) is 0 Å². The third-order valence-corrected chi connectivity index (χ3v) is 51.8. The SMILES string of the molecule is CC(C)(C)C(=O)N1CC2CCCC(C1)[S+]2c1ccc(C(C)(C)C)cc1.CC(C)(C)C(=O)N1CC2COCC(C1)[S+]2c1ccc(C(C)(C)C)cc1.CC(C)(C)c1ccc([S+]2C3CCCC2CS(=O)(=O)C3)cc1.CC(C)(C)c1ccc([S+]2C3CCCC2CS(=O)C3)cc1.CC(C)(C)c1ccc([S+]2C3CCCC2CSC3)cc1.CC(C)(C)c1ccc([S+]2C3COCC2COC3)cc1. The number of ether oxygens (including phenoxy) is 3. The van der Waals surface area contributed by atoms with Gasteiger partial charge in [-0.05, 0) is 216 Å². The maximum atomic E-state index is 12.8. The van der Waals surface area contributed by atoms with Crippen molar-refractivity contribution in [2.24, 2.45) is 10.8 Å². The van der Waals surface area contributed by atoms with Crippen molar-refractivity contribution in [1.82, 2.24) is 9.80 Å². The minimum Gasteiger partial charge on any atom is -0.371 e. The Bertz CT molecular complexity index is 4490. The van der Waals surface area contributed by atoms with Crippen molar-refractivity contribution < 1.29 is 36.4 Å². The highest BCUT2D eigenvalue weighted by atomic mass is 32.2. The summed E-state index contributed by atoms with van der Waals surface area (Å²) in [6, 6.07) is 55.8. The van der Waals surface area contributed by atoms with E-state index >= 15 is 0 Å². The van der Waals surface area contributed by atoms with E-state index in [0.717, 1.165) is 101 Å². The minimum absolute atomic E-state index is 0.135. The molecule has 12 bridgehead atoms. The number of carbonyl (C=O) groups is 2. The van der Waals surface area contributed by atoms with Crippen molar-refractivity contribution in [3.8, 4) is 0 Å². The van der Waals surface area contributed by atoms with Gasteiger partial charge in [-0.3, -0.25) is 13.8 Å². The summed E-state index contributed by atoms with van der Waals surface area (Å²) in [6.07, 6.45) is 15.6. The molecule has 12 aliphatic heterocycles. The molecule has 6 aromatic rings. The molecule has 0 aliphatic carbocycles. The zero-order valence-corrected chi connectivity index (χ0v) is 90.8. The van der Waals surface area contributed by atoms with Crippen LogP contribution in [0.1, 0.15) is 277 Å². The predicted molar refractivity (Wildman–Crippen MR) is 564 cm³/mol. The van der Waals surface area contributed by atoms with Gasteiger partial charge in [0.1, 0.15) is 42.0 Å². The first-order valence-electron chi connectivity index (χ1n) is 48.9. The van der Waals surface area contributed by atoms with Crippen LogP contribution in [0, 0.1) is 10.8 Å². The molecule has 0 spiro atoms. The first-order chi connectivity index (χ1) is 60.5. The van der Waals surface area contributed by atoms with Crippen molar-refractivity contribution in [3.63, 3.8) is 0 Å². The highest BCUT2D eigenvalue weighted by Crippen LogP contribution is 2.47. The van der Waals surface area contributed by atoms with Gasteiger partial charge >= 0.3 is 0 Å². The summed E-state index contributed by atoms with van der Waals surface area (Å²) in [6.45, 7) is 61.5. The van der Waals surface area contributed by atoms with E-state index in [4.69, 9.17) is 14.2 Å². The van der Waals surface area contributed by atoms with E-state index < -0.39 is 20.6 Å². The number of nitrogens with zero attached hydrogens (tertiary/aromatic N) is 2. The molecule has 10 atom stereocenters.